The van der Waals surface area contributed by atoms with E-state index in [2.05, 4.69) is 41.2 Å². The molecule has 8 heteroatoms. The monoisotopic (exact) mass is 313 g/mol. The van der Waals surface area contributed by atoms with Crippen LogP contribution in [0.25, 0.3) is 10.2 Å². The minimum Gasteiger partial charge on any atom is -0.368 e. The second-order valence-electron chi connectivity index (χ2n) is 5.08. The van der Waals surface area contributed by atoms with Crippen molar-refractivity contribution in [1.82, 2.24) is 19.9 Å². The van der Waals surface area contributed by atoms with Crippen LogP contribution >= 0.6 is 11.3 Å². The van der Waals surface area contributed by atoms with Crippen LogP contribution in [0.5, 0.6) is 0 Å². The molecule has 0 unspecified atom stereocenters. The van der Waals surface area contributed by atoms with E-state index in [9.17, 15) is 0 Å². The fourth-order valence-electron chi connectivity index (χ4n) is 2.72. The lowest BCUT2D eigenvalue weighted by atomic mass is 10.2. The van der Waals surface area contributed by atoms with Gasteiger partial charge in [-0.1, -0.05) is 0 Å². The highest BCUT2D eigenvalue weighted by Crippen LogP contribution is 2.27. The Morgan fingerprint density at radius 1 is 1.00 bits per heavy atom. The number of hydrogen-bond acceptors (Lipinski definition) is 8. The van der Waals surface area contributed by atoms with Gasteiger partial charge in [-0.15, -0.1) is 11.3 Å². The predicted octanol–water partition coefficient (Wildman–Crippen LogP) is 1.39. The van der Waals surface area contributed by atoms with Gasteiger partial charge >= 0.3 is 0 Å². The molecule has 4 rings (SSSR count). The molecule has 1 aliphatic rings. The van der Waals surface area contributed by atoms with Crippen LogP contribution in [0, 0.1) is 0 Å². The topological polar surface area (TPSA) is 84.1 Å². The number of fused-ring (bicyclic) bond motifs is 1. The first-order valence-electron chi connectivity index (χ1n) is 7.08. The molecule has 3 aromatic rings. The van der Waals surface area contributed by atoms with E-state index < -0.39 is 0 Å². The third-order valence-electron chi connectivity index (χ3n) is 3.80. The molecular formula is C14H15N7S. The van der Waals surface area contributed by atoms with Gasteiger partial charge in [-0.25, -0.2) is 15.0 Å². The highest BCUT2D eigenvalue weighted by molar-refractivity contribution is 7.16. The number of rotatable bonds is 2. The van der Waals surface area contributed by atoms with E-state index in [4.69, 9.17) is 5.73 Å². The van der Waals surface area contributed by atoms with Gasteiger partial charge in [0.05, 0.1) is 5.39 Å². The van der Waals surface area contributed by atoms with E-state index in [-0.39, 0.29) is 0 Å². The Bertz CT molecular complexity index is 794. The molecule has 0 aliphatic carbocycles. The average molecular weight is 313 g/mol. The summed E-state index contributed by atoms with van der Waals surface area (Å²) in [6.45, 7) is 3.55. The number of anilines is 3. The predicted molar refractivity (Wildman–Crippen MR) is 88.3 cm³/mol. The standard InChI is InChI=1S/C14H15N7S/c15-14-16-3-1-11(19-14)20-4-6-21(7-5-20)12-10-2-8-22-13(10)18-9-17-12/h1-3,8-9H,4-7H2,(H2,15,16,19). The Morgan fingerprint density at radius 2 is 1.82 bits per heavy atom. The Hall–Kier alpha value is -2.48. The zero-order chi connectivity index (χ0) is 14.9. The molecule has 0 saturated carbocycles. The first-order valence-corrected chi connectivity index (χ1v) is 7.96. The summed E-state index contributed by atoms with van der Waals surface area (Å²) in [5, 5.41) is 3.19. The van der Waals surface area contributed by atoms with Crippen LogP contribution in [0.3, 0.4) is 0 Å². The van der Waals surface area contributed by atoms with Gasteiger partial charge in [-0.3, -0.25) is 0 Å². The van der Waals surface area contributed by atoms with Crippen molar-refractivity contribution in [2.45, 2.75) is 0 Å². The molecule has 0 spiro atoms. The zero-order valence-electron chi connectivity index (χ0n) is 11.9. The number of nitrogens with zero attached hydrogens (tertiary/aromatic N) is 6. The lowest BCUT2D eigenvalue weighted by Crippen LogP contribution is -2.47. The molecule has 4 heterocycles. The van der Waals surface area contributed by atoms with Gasteiger partial charge in [-0.2, -0.15) is 4.98 Å². The first-order chi connectivity index (χ1) is 10.8. The molecule has 0 aromatic carbocycles. The van der Waals surface area contributed by atoms with Gasteiger partial charge in [-0.05, 0) is 17.5 Å². The maximum atomic E-state index is 5.66. The van der Waals surface area contributed by atoms with Gasteiger partial charge in [0.2, 0.25) is 5.95 Å². The van der Waals surface area contributed by atoms with Crippen molar-refractivity contribution >= 4 is 39.1 Å². The van der Waals surface area contributed by atoms with Crippen molar-refractivity contribution in [2.75, 3.05) is 41.7 Å². The second kappa shape index (κ2) is 5.38. The quantitative estimate of drug-likeness (QED) is 0.765. The molecule has 22 heavy (non-hydrogen) atoms. The maximum Gasteiger partial charge on any atom is 0.221 e. The Kier molecular flexibility index (Phi) is 3.23. The van der Waals surface area contributed by atoms with Crippen LogP contribution in [0.4, 0.5) is 17.6 Å². The molecule has 112 valence electrons. The summed E-state index contributed by atoms with van der Waals surface area (Å²) in [5.41, 5.74) is 5.66. The molecule has 7 nitrogen and oxygen atoms in total. The summed E-state index contributed by atoms with van der Waals surface area (Å²) >= 11 is 1.65. The van der Waals surface area contributed by atoms with Crippen LogP contribution < -0.4 is 15.5 Å². The smallest absolute Gasteiger partial charge is 0.221 e. The first kappa shape index (κ1) is 13.2. The summed E-state index contributed by atoms with van der Waals surface area (Å²) < 4.78 is 0. The van der Waals surface area contributed by atoms with E-state index in [0.29, 0.717) is 5.95 Å². The summed E-state index contributed by atoms with van der Waals surface area (Å²) in [6, 6.07) is 3.99. The molecule has 3 aromatic heterocycles. The van der Waals surface area contributed by atoms with Crippen molar-refractivity contribution < 1.29 is 0 Å². The Labute approximate surface area is 131 Å². The van der Waals surface area contributed by atoms with Crippen molar-refractivity contribution in [3.8, 4) is 0 Å². The molecule has 0 amide bonds. The van der Waals surface area contributed by atoms with Gasteiger partial charge in [0, 0.05) is 32.4 Å². The molecule has 0 bridgehead atoms. The number of piperazine rings is 1. The fourth-order valence-corrected chi connectivity index (χ4v) is 3.44. The minimum absolute atomic E-state index is 0.315. The van der Waals surface area contributed by atoms with Gasteiger partial charge in [0.25, 0.3) is 0 Å². The lowest BCUT2D eigenvalue weighted by Gasteiger charge is -2.36. The Morgan fingerprint density at radius 3 is 2.64 bits per heavy atom. The van der Waals surface area contributed by atoms with Crippen LogP contribution in [0.1, 0.15) is 0 Å². The SMILES string of the molecule is Nc1nccc(N2CCN(c3ncnc4sccc34)CC2)n1. The lowest BCUT2D eigenvalue weighted by molar-refractivity contribution is 0.643. The van der Waals surface area contributed by atoms with Gasteiger partial charge < -0.3 is 15.5 Å². The maximum absolute atomic E-state index is 5.66. The van der Waals surface area contributed by atoms with E-state index in [1.165, 1.54) is 0 Å². The number of nitrogens with two attached hydrogens (primary N) is 1. The normalized spacial score (nSPS) is 15.5. The second-order valence-corrected chi connectivity index (χ2v) is 5.98. The summed E-state index contributed by atoms with van der Waals surface area (Å²) in [5.74, 6) is 2.22. The molecule has 2 N–H and O–H groups in total. The number of aromatic nitrogens is 4. The summed E-state index contributed by atoms with van der Waals surface area (Å²) in [4.78, 5) is 22.6. The largest absolute Gasteiger partial charge is 0.368 e. The fraction of sp³-hybridized carbons (Fsp3) is 0.286. The van der Waals surface area contributed by atoms with E-state index in [1.54, 1.807) is 23.9 Å². The number of hydrogen-bond donors (Lipinski definition) is 1. The minimum atomic E-state index is 0.315. The van der Waals surface area contributed by atoms with E-state index in [1.807, 2.05) is 6.07 Å². The molecule has 1 saturated heterocycles. The van der Waals surface area contributed by atoms with Crippen molar-refractivity contribution in [1.29, 1.82) is 0 Å². The number of nitrogen functional groups attached to an aromatic ring is 1. The van der Waals surface area contributed by atoms with Crippen molar-refractivity contribution in [3.05, 3.63) is 30.0 Å². The molecule has 0 radical (unpaired) electrons. The van der Waals surface area contributed by atoms with Crippen LogP contribution in [-0.2, 0) is 0 Å². The van der Waals surface area contributed by atoms with Crippen molar-refractivity contribution in [3.63, 3.8) is 0 Å². The molecule has 1 fully saturated rings. The molecular weight excluding hydrogens is 298 g/mol. The van der Waals surface area contributed by atoms with Crippen LogP contribution in [0.15, 0.2) is 30.0 Å². The van der Waals surface area contributed by atoms with Crippen molar-refractivity contribution in [2.24, 2.45) is 0 Å². The Balaban J connectivity index is 1.53. The van der Waals surface area contributed by atoms with Crippen LogP contribution in [0.2, 0.25) is 0 Å². The number of thiophene rings is 1. The highest BCUT2D eigenvalue weighted by Gasteiger charge is 2.21. The van der Waals surface area contributed by atoms with E-state index in [0.717, 1.165) is 48.0 Å². The van der Waals surface area contributed by atoms with E-state index >= 15 is 0 Å². The summed E-state index contributed by atoms with van der Waals surface area (Å²) in [7, 11) is 0. The van der Waals surface area contributed by atoms with Gasteiger partial charge in [0.15, 0.2) is 0 Å². The molecule has 0 atom stereocenters. The highest BCUT2D eigenvalue weighted by atomic mass is 32.1. The third-order valence-corrected chi connectivity index (χ3v) is 4.62. The average Bonchev–Trinajstić information content (AvgIpc) is 3.04. The zero-order valence-corrected chi connectivity index (χ0v) is 12.7. The summed E-state index contributed by atoms with van der Waals surface area (Å²) in [6.07, 6.45) is 3.34. The van der Waals surface area contributed by atoms with Crippen LogP contribution in [-0.4, -0.2) is 46.1 Å². The van der Waals surface area contributed by atoms with Gasteiger partial charge in [0.1, 0.15) is 22.8 Å². The molecule has 1 aliphatic heterocycles. The third kappa shape index (κ3) is 2.31.